The van der Waals surface area contributed by atoms with E-state index in [2.05, 4.69) is 47.8 Å². The maximum absolute atomic E-state index is 12.8. The molecule has 0 spiro atoms. The fraction of sp³-hybridized carbons (Fsp3) is 0.300. The number of rotatable bonds is 4. The predicted octanol–water partition coefficient (Wildman–Crippen LogP) is 3.81. The topological polar surface area (TPSA) is 118 Å². The van der Waals surface area contributed by atoms with Gasteiger partial charge in [-0.15, -0.1) is 4.80 Å². The summed E-state index contributed by atoms with van der Waals surface area (Å²) in [6.07, 6.45) is 9.30. The second-order valence-corrected chi connectivity index (χ2v) is 8.51. The number of hydrogen-bond donors (Lipinski definition) is 2. The van der Waals surface area contributed by atoms with Gasteiger partial charge in [0.15, 0.2) is 16.6 Å². The number of fused-ring (bicyclic) bond motifs is 1. The summed E-state index contributed by atoms with van der Waals surface area (Å²) < 4.78 is 1.70. The predicted molar refractivity (Wildman–Crippen MR) is 124 cm³/mol. The number of anilines is 2. The first-order chi connectivity index (χ1) is 16.0. The molecule has 5 rings (SSSR count). The molecule has 0 aromatic carbocycles. The van der Waals surface area contributed by atoms with Gasteiger partial charge in [0.05, 0.1) is 52.9 Å². The Morgan fingerprint density at radius 2 is 1.91 bits per heavy atom. The highest BCUT2D eigenvalue weighted by molar-refractivity contribution is 6.32. The number of carbonyl (C=O) groups is 1. The average molecular weight is 487 g/mol. The maximum Gasteiger partial charge on any atom is 0.323 e. The standard InChI is InChI=1S/C20H20Cl2N10O/c1-30-7-3-2-4-15(30)18-14(11-23-17-9-16(22)29-31(17)18)28-20(33)27-12-8-13(21)19(24-10-12)32-25-5-6-26-32/h5-6,8-11,15H,2-4,7H2,1H3,(H2,27,28,33). The van der Waals surface area contributed by atoms with Crippen molar-refractivity contribution >= 4 is 46.3 Å². The van der Waals surface area contributed by atoms with Gasteiger partial charge in [-0.3, -0.25) is 4.90 Å². The van der Waals surface area contributed by atoms with Crippen LogP contribution in [-0.2, 0) is 0 Å². The Bertz CT molecular complexity index is 1310. The molecule has 2 amide bonds. The van der Waals surface area contributed by atoms with E-state index in [4.69, 9.17) is 23.2 Å². The summed E-state index contributed by atoms with van der Waals surface area (Å²) in [6, 6.07) is 2.88. The van der Waals surface area contributed by atoms with Gasteiger partial charge in [0.25, 0.3) is 0 Å². The number of urea groups is 1. The van der Waals surface area contributed by atoms with Crippen LogP contribution in [0.2, 0.25) is 10.2 Å². The van der Waals surface area contributed by atoms with Gasteiger partial charge < -0.3 is 10.6 Å². The highest BCUT2D eigenvalue weighted by Crippen LogP contribution is 2.34. The van der Waals surface area contributed by atoms with E-state index in [0.717, 1.165) is 31.5 Å². The van der Waals surface area contributed by atoms with E-state index in [1.807, 2.05) is 0 Å². The Balaban J connectivity index is 1.41. The molecule has 11 nitrogen and oxygen atoms in total. The Kier molecular flexibility index (Phi) is 5.83. The van der Waals surface area contributed by atoms with Crippen LogP contribution in [0.5, 0.6) is 0 Å². The molecule has 1 aliphatic heterocycles. The van der Waals surface area contributed by atoms with E-state index in [-0.39, 0.29) is 6.04 Å². The molecule has 170 valence electrons. The Hall–Kier alpha value is -3.28. The van der Waals surface area contributed by atoms with E-state index >= 15 is 0 Å². The minimum absolute atomic E-state index is 0.0625. The zero-order chi connectivity index (χ0) is 22.9. The summed E-state index contributed by atoms with van der Waals surface area (Å²) in [4.78, 5) is 25.0. The molecule has 0 bridgehead atoms. The number of nitrogens with zero attached hydrogens (tertiary/aromatic N) is 8. The number of pyridine rings is 1. The highest BCUT2D eigenvalue weighted by atomic mass is 35.5. The first-order valence-corrected chi connectivity index (χ1v) is 11.1. The number of likely N-dealkylation sites (tertiary alicyclic amines) is 1. The molecule has 13 heteroatoms. The van der Waals surface area contributed by atoms with Gasteiger partial charge in [-0.25, -0.2) is 19.3 Å². The number of amides is 2. The lowest BCUT2D eigenvalue weighted by atomic mass is 9.99. The lowest BCUT2D eigenvalue weighted by Gasteiger charge is -2.33. The van der Waals surface area contributed by atoms with Crippen LogP contribution < -0.4 is 10.6 Å². The SMILES string of the molecule is CN1CCCCC1c1c(NC(=O)Nc2cnc(-n3nccn3)c(Cl)c2)cnc2cc(Cl)nn12. The summed E-state index contributed by atoms with van der Waals surface area (Å²) in [7, 11) is 2.06. The van der Waals surface area contributed by atoms with Crippen molar-refractivity contribution in [3.63, 3.8) is 0 Å². The highest BCUT2D eigenvalue weighted by Gasteiger charge is 2.27. The molecule has 2 N–H and O–H groups in total. The second kappa shape index (κ2) is 8.93. The van der Waals surface area contributed by atoms with Crippen LogP contribution in [0.4, 0.5) is 16.2 Å². The summed E-state index contributed by atoms with van der Waals surface area (Å²) in [5.74, 6) is 0.362. The Labute approximate surface area is 198 Å². The summed E-state index contributed by atoms with van der Waals surface area (Å²) in [5.41, 5.74) is 2.43. The minimum Gasteiger partial charge on any atom is -0.306 e. The molecular formula is C20H20Cl2N10O. The van der Waals surface area contributed by atoms with Crippen LogP contribution in [0.1, 0.15) is 31.0 Å². The number of nitrogens with one attached hydrogen (secondary N) is 2. The maximum atomic E-state index is 12.8. The summed E-state index contributed by atoms with van der Waals surface area (Å²) >= 11 is 12.4. The molecule has 33 heavy (non-hydrogen) atoms. The van der Waals surface area contributed by atoms with Crippen LogP contribution in [-0.4, -0.2) is 59.1 Å². The third-order valence-corrected chi connectivity index (χ3v) is 5.98. The minimum atomic E-state index is -0.461. The molecular weight excluding hydrogens is 467 g/mol. The molecule has 5 heterocycles. The first-order valence-electron chi connectivity index (χ1n) is 10.3. The number of aromatic nitrogens is 7. The van der Waals surface area contributed by atoms with Crippen molar-refractivity contribution in [1.29, 1.82) is 0 Å². The number of hydrogen-bond acceptors (Lipinski definition) is 7. The Morgan fingerprint density at radius 3 is 2.67 bits per heavy atom. The van der Waals surface area contributed by atoms with Crippen molar-refractivity contribution in [2.45, 2.75) is 25.3 Å². The fourth-order valence-electron chi connectivity index (χ4n) is 4.02. The lowest BCUT2D eigenvalue weighted by Crippen LogP contribution is -2.32. The van der Waals surface area contributed by atoms with E-state index in [0.29, 0.717) is 33.0 Å². The molecule has 1 atom stereocenters. The fourth-order valence-corrected chi connectivity index (χ4v) is 4.43. The number of carbonyl (C=O) groups excluding carboxylic acids is 1. The van der Waals surface area contributed by atoms with Crippen LogP contribution in [0, 0.1) is 0 Å². The molecule has 0 aliphatic carbocycles. The summed E-state index contributed by atoms with van der Waals surface area (Å²) in [5, 5.41) is 18.7. The van der Waals surface area contributed by atoms with Crippen LogP contribution >= 0.6 is 23.2 Å². The van der Waals surface area contributed by atoms with Crippen LogP contribution in [0.15, 0.2) is 36.9 Å². The average Bonchev–Trinajstić information content (AvgIpc) is 3.44. The Morgan fingerprint density at radius 1 is 1.09 bits per heavy atom. The zero-order valence-electron chi connectivity index (χ0n) is 17.6. The third-order valence-electron chi connectivity index (χ3n) is 5.51. The molecule has 4 aromatic heterocycles. The number of piperidine rings is 1. The third kappa shape index (κ3) is 4.34. The smallest absolute Gasteiger partial charge is 0.306 e. The van der Waals surface area contributed by atoms with Crippen molar-refractivity contribution in [1.82, 2.24) is 39.5 Å². The molecule has 4 aromatic rings. The summed E-state index contributed by atoms with van der Waals surface area (Å²) in [6.45, 7) is 0.955. The van der Waals surface area contributed by atoms with Crippen molar-refractivity contribution in [3.8, 4) is 5.82 Å². The van der Waals surface area contributed by atoms with Crippen LogP contribution in [0.25, 0.3) is 11.5 Å². The van der Waals surface area contributed by atoms with E-state index in [1.165, 1.54) is 23.4 Å². The van der Waals surface area contributed by atoms with Gasteiger partial charge in [-0.1, -0.05) is 29.6 Å². The molecule has 1 aliphatic rings. The monoisotopic (exact) mass is 486 g/mol. The first kappa shape index (κ1) is 21.6. The molecule has 1 fully saturated rings. The molecule has 0 saturated carbocycles. The second-order valence-electron chi connectivity index (χ2n) is 7.71. The quantitative estimate of drug-likeness (QED) is 0.449. The van der Waals surface area contributed by atoms with Gasteiger partial charge in [-0.2, -0.15) is 15.3 Å². The van der Waals surface area contributed by atoms with Gasteiger partial charge in [0, 0.05) is 6.07 Å². The lowest BCUT2D eigenvalue weighted by molar-refractivity contribution is 0.182. The van der Waals surface area contributed by atoms with Crippen molar-refractivity contribution in [2.24, 2.45) is 0 Å². The molecule has 0 radical (unpaired) electrons. The van der Waals surface area contributed by atoms with Gasteiger partial charge in [0.2, 0.25) is 0 Å². The van der Waals surface area contributed by atoms with E-state index in [9.17, 15) is 4.79 Å². The van der Waals surface area contributed by atoms with Crippen molar-refractivity contribution in [2.75, 3.05) is 24.2 Å². The van der Waals surface area contributed by atoms with E-state index in [1.54, 1.807) is 22.8 Å². The molecule has 1 saturated heterocycles. The van der Waals surface area contributed by atoms with Crippen molar-refractivity contribution < 1.29 is 4.79 Å². The molecule has 1 unspecified atom stereocenters. The zero-order valence-corrected chi connectivity index (χ0v) is 19.1. The van der Waals surface area contributed by atoms with Gasteiger partial charge in [0.1, 0.15) is 0 Å². The van der Waals surface area contributed by atoms with Gasteiger partial charge in [-0.05, 0) is 32.5 Å². The largest absolute Gasteiger partial charge is 0.323 e. The number of halogens is 2. The van der Waals surface area contributed by atoms with E-state index < -0.39 is 6.03 Å². The van der Waals surface area contributed by atoms with Crippen molar-refractivity contribution in [3.05, 3.63) is 52.8 Å². The normalized spacial score (nSPS) is 16.8. The van der Waals surface area contributed by atoms with Crippen LogP contribution in [0.3, 0.4) is 0 Å². The van der Waals surface area contributed by atoms with Gasteiger partial charge >= 0.3 is 6.03 Å².